The molecule has 2 aromatic heterocycles. The number of nitrogens with zero attached hydrogens (tertiary/aromatic N) is 3. The SMILES string of the molecule is CC(C)C(NC(=O)c1cc2ccccc2[nH]1)C(=O)N1C[C@@H]2C[C@H]1CN2C(=O)c1nc2ccccc2[nH]1. The first-order chi connectivity index (χ1) is 17.4. The number of imidazole rings is 1. The third-order valence-corrected chi connectivity index (χ3v) is 7.37. The van der Waals surface area contributed by atoms with Gasteiger partial charge in [-0.15, -0.1) is 0 Å². The third-order valence-electron chi connectivity index (χ3n) is 7.37. The molecule has 4 aromatic rings. The van der Waals surface area contributed by atoms with Crippen LogP contribution >= 0.6 is 0 Å². The van der Waals surface area contributed by atoms with Gasteiger partial charge < -0.3 is 25.1 Å². The van der Waals surface area contributed by atoms with Crippen molar-refractivity contribution in [2.24, 2.45) is 5.92 Å². The summed E-state index contributed by atoms with van der Waals surface area (Å²) in [5, 5.41) is 3.89. The fourth-order valence-corrected chi connectivity index (χ4v) is 5.48. The van der Waals surface area contributed by atoms with Crippen molar-refractivity contribution in [3.8, 4) is 0 Å². The monoisotopic (exact) mass is 484 g/mol. The van der Waals surface area contributed by atoms with E-state index in [4.69, 9.17) is 0 Å². The number of amides is 3. The first kappa shape index (κ1) is 22.3. The highest BCUT2D eigenvalue weighted by atomic mass is 16.2. The molecule has 3 atom stereocenters. The molecular formula is C27H28N6O3. The van der Waals surface area contributed by atoms with Gasteiger partial charge in [0.15, 0.2) is 5.82 Å². The molecule has 0 radical (unpaired) electrons. The number of para-hydroxylation sites is 3. The lowest BCUT2D eigenvalue weighted by Gasteiger charge is -2.36. The summed E-state index contributed by atoms with van der Waals surface area (Å²) in [6.45, 7) is 4.79. The van der Waals surface area contributed by atoms with Crippen LogP contribution in [0.1, 0.15) is 41.4 Å². The van der Waals surface area contributed by atoms with E-state index in [1.54, 1.807) is 6.07 Å². The molecule has 2 aromatic carbocycles. The number of nitrogens with one attached hydrogen (secondary N) is 3. The second-order valence-electron chi connectivity index (χ2n) is 10.1. The van der Waals surface area contributed by atoms with Crippen LogP contribution in [-0.4, -0.2) is 73.7 Å². The smallest absolute Gasteiger partial charge is 0.290 e. The van der Waals surface area contributed by atoms with Crippen molar-refractivity contribution >= 4 is 39.7 Å². The van der Waals surface area contributed by atoms with Gasteiger partial charge in [0.25, 0.3) is 11.8 Å². The van der Waals surface area contributed by atoms with Crippen LogP contribution in [0.15, 0.2) is 54.6 Å². The Morgan fingerprint density at radius 3 is 2.33 bits per heavy atom. The van der Waals surface area contributed by atoms with Crippen LogP contribution < -0.4 is 5.32 Å². The predicted octanol–water partition coefficient (Wildman–Crippen LogP) is 2.92. The van der Waals surface area contributed by atoms with Crippen molar-refractivity contribution < 1.29 is 14.4 Å². The summed E-state index contributed by atoms with van der Waals surface area (Å²) in [6.07, 6.45) is 0.735. The number of carbonyl (C=O) groups excluding carboxylic acids is 3. The van der Waals surface area contributed by atoms with Crippen LogP contribution in [0.4, 0.5) is 0 Å². The molecule has 0 saturated carbocycles. The molecule has 6 rings (SSSR count). The number of aromatic nitrogens is 3. The molecule has 9 nitrogen and oxygen atoms in total. The molecule has 2 bridgehead atoms. The van der Waals surface area contributed by atoms with E-state index >= 15 is 0 Å². The molecule has 9 heteroatoms. The Morgan fingerprint density at radius 1 is 0.944 bits per heavy atom. The quantitative estimate of drug-likeness (QED) is 0.404. The van der Waals surface area contributed by atoms with E-state index in [-0.39, 0.29) is 35.7 Å². The number of rotatable bonds is 5. The molecule has 184 valence electrons. The van der Waals surface area contributed by atoms with Crippen LogP contribution in [0.25, 0.3) is 21.9 Å². The van der Waals surface area contributed by atoms with Gasteiger partial charge in [0.1, 0.15) is 11.7 Å². The minimum atomic E-state index is -0.650. The fraction of sp³-hybridized carbons (Fsp3) is 0.333. The van der Waals surface area contributed by atoms with Gasteiger partial charge in [-0.1, -0.05) is 44.2 Å². The average molecular weight is 485 g/mol. The second kappa shape index (κ2) is 8.51. The number of aromatic amines is 2. The second-order valence-corrected chi connectivity index (χ2v) is 10.1. The highest BCUT2D eigenvalue weighted by molar-refractivity contribution is 6.00. The Labute approximate surface area is 207 Å². The van der Waals surface area contributed by atoms with Crippen molar-refractivity contribution in [1.82, 2.24) is 30.1 Å². The van der Waals surface area contributed by atoms with Crippen molar-refractivity contribution in [2.75, 3.05) is 13.1 Å². The summed E-state index contributed by atoms with van der Waals surface area (Å²) in [7, 11) is 0. The van der Waals surface area contributed by atoms with Gasteiger partial charge >= 0.3 is 0 Å². The normalized spacial score (nSPS) is 20.0. The maximum Gasteiger partial charge on any atom is 0.290 e. The van der Waals surface area contributed by atoms with Crippen LogP contribution in [0.5, 0.6) is 0 Å². The first-order valence-corrected chi connectivity index (χ1v) is 12.3. The molecule has 3 amide bonds. The van der Waals surface area contributed by atoms with Gasteiger partial charge in [-0.05, 0) is 36.6 Å². The van der Waals surface area contributed by atoms with Crippen LogP contribution in [-0.2, 0) is 4.79 Å². The predicted molar refractivity (Wildman–Crippen MR) is 135 cm³/mol. The number of carbonyl (C=O) groups is 3. The molecule has 2 aliphatic rings. The Kier molecular flexibility index (Phi) is 5.28. The third kappa shape index (κ3) is 3.71. The van der Waals surface area contributed by atoms with Crippen molar-refractivity contribution in [2.45, 2.75) is 38.4 Å². The number of benzene rings is 2. The van der Waals surface area contributed by atoms with Gasteiger partial charge in [0, 0.05) is 24.0 Å². The zero-order chi connectivity index (χ0) is 25.0. The van der Waals surface area contributed by atoms with Gasteiger partial charge in [0.2, 0.25) is 5.91 Å². The Bertz CT molecular complexity index is 1420. The molecule has 0 aliphatic carbocycles. The van der Waals surface area contributed by atoms with Crippen LogP contribution in [0.3, 0.4) is 0 Å². The Hall–Kier alpha value is -4.14. The van der Waals surface area contributed by atoms with Crippen LogP contribution in [0.2, 0.25) is 0 Å². The average Bonchev–Trinajstić information content (AvgIpc) is 3.67. The highest BCUT2D eigenvalue weighted by Crippen LogP contribution is 2.33. The summed E-state index contributed by atoms with van der Waals surface area (Å²) in [4.78, 5) is 54.1. The largest absolute Gasteiger partial charge is 0.351 e. The molecule has 36 heavy (non-hydrogen) atoms. The first-order valence-electron chi connectivity index (χ1n) is 12.3. The van der Waals surface area contributed by atoms with E-state index in [2.05, 4.69) is 20.3 Å². The number of fused-ring (bicyclic) bond motifs is 4. The summed E-state index contributed by atoms with van der Waals surface area (Å²) in [5.74, 6) is -0.300. The summed E-state index contributed by atoms with van der Waals surface area (Å²) < 4.78 is 0. The number of H-pyrrole nitrogens is 2. The van der Waals surface area contributed by atoms with E-state index < -0.39 is 6.04 Å². The van der Waals surface area contributed by atoms with Gasteiger partial charge in [-0.25, -0.2) is 4.98 Å². The van der Waals surface area contributed by atoms with Crippen molar-refractivity contribution in [3.63, 3.8) is 0 Å². The summed E-state index contributed by atoms with van der Waals surface area (Å²) in [6, 6.07) is 16.3. The van der Waals surface area contributed by atoms with Crippen molar-refractivity contribution in [3.05, 3.63) is 66.1 Å². The Balaban J connectivity index is 1.14. The number of piperazine rings is 1. The minimum Gasteiger partial charge on any atom is -0.351 e. The lowest BCUT2D eigenvalue weighted by atomic mass is 10.0. The highest BCUT2D eigenvalue weighted by Gasteiger charge is 2.49. The lowest BCUT2D eigenvalue weighted by Crippen LogP contribution is -2.57. The van der Waals surface area contributed by atoms with E-state index in [0.29, 0.717) is 24.6 Å². The number of likely N-dealkylation sites (tertiary alicyclic amines) is 2. The van der Waals surface area contributed by atoms with Crippen LogP contribution in [0, 0.1) is 5.92 Å². The van der Waals surface area contributed by atoms with Gasteiger partial charge in [-0.3, -0.25) is 14.4 Å². The molecule has 2 fully saturated rings. The van der Waals surface area contributed by atoms with E-state index in [1.807, 2.05) is 72.2 Å². The topological polar surface area (TPSA) is 114 Å². The summed E-state index contributed by atoms with van der Waals surface area (Å²) in [5.41, 5.74) is 2.89. The molecule has 1 unspecified atom stereocenters. The van der Waals surface area contributed by atoms with E-state index in [9.17, 15) is 14.4 Å². The molecule has 2 saturated heterocycles. The number of hydrogen-bond donors (Lipinski definition) is 3. The summed E-state index contributed by atoms with van der Waals surface area (Å²) >= 11 is 0. The fourth-order valence-electron chi connectivity index (χ4n) is 5.48. The molecular weight excluding hydrogens is 456 g/mol. The Morgan fingerprint density at radius 2 is 1.64 bits per heavy atom. The molecule has 3 N–H and O–H groups in total. The van der Waals surface area contributed by atoms with Gasteiger partial charge in [0.05, 0.1) is 23.1 Å². The molecule has 4 heterocycles. The van der Waals surface area contributed by atoms with Gasteiger partial charge in [-0.2, -0.15) is 0 Å². The molecule has 0 spiro atoms. The van der Waals surface area contributed by atoms with E-state index in [0.717, 1.165) is 28.4 Å². The van der Waals surface area contributed by atoms with Crippen molar-refractivity contribution in [1.29, 1.82) is 0 Å². The zero-order valence-electron chi connectivity index (χ0n) is 20.2. The molecule has 2 aliphatic heterocycles. The standard InChI is InChI=1S/C27H28N6O3/c1-15(2)23(31-25(34)22-11-16-7-3-4-8-19(16)28-22)26(35)32-13-18-12-17(32)14-33(18)27(36)24-29-20-9-5-6-10-21(20)30-24/h3-11,15,17-18,23,28H,12-14H2,1-2H3,(H,29,30)(H,31,34)/t17-,18-,23?/m0/s1. The minimum absolute atomic E-state index is 0.0584. The maximum absolute atomic E-state index is 13.6. The zero-order valence-corrected chi connectivity index (χ0v) is 20.2. The lowest BCUT2D eigenvalue weighted by molar-refractivity contribution is -0.136. The maximum atomic E-state index is 13.6. The van der Waals surface area contributed by atoms with E-state index in [1.165, 1.54) is 0 Å². The number of hydrogen-bond acceptors (Lipinski definition) is 4.